The zero-order valence-electron chi connectivity index (χ0n) is 23.4. The molecule has 0 unspecified atom stereocenters. The maximum atomic E-state index is 12.7. The summed E-state index contributed by atoms with van der Waals surface area (Å²) in [4.78, 5) is 35.0. The van der Waals surface area contributed by atoms with Gasteiger partial charge in [0, 0.05) is 5.56 Å². The highest BCUT2D eigenvalue weighted by Crippen LogP contribution is 2.30. The third-order valence-electron chi connectivity index (χ3n) is 6.36. The number of hydrogen-bond donors (Lipinski definition) is 1. The molecule has 0 bridgehead atoms. The van der Waals surface area contributed by atoms with Crippen LogP contribution in [0.1, 0.15) is 30.9 Å². The van der Waals surface area contributed by atoms with E-state index in [1.807, 2.05) is 24.3 Å². The van der Waals surface area contributed by atoms with Crippen LogP contribution in [0.2, 0.25) is 0 Å². The number of halogens is 3. The second kappa shape index (κ2) is 13.5. The molecule has 5 rings (SSSR count). The van der Waals surface area contributed by atoms with Gasteiger partial charge in [0.15, 0.2) is 11.0 Å². The minimum atomic E-state index is -4.77. The standard InChI is InChI=1S/C30H26F3N7O3S/c1-2-3-6-21-7-4-5-8-25(21)40-26(41)18-44-29(40)36-28(42)37-35-17-20-9-11-22(12-10-20)27-34-19-39(38-27)23-13-15-24(16-14-23)43-30(31,32)33/h4-5,7-17,19H,2-3,6,18H2,1H3,(H,37,42)/b35-17+,36-29-. The van der Waals surface area contributed by atoms with Crippen molar-refractivity contribution >= 4 is 40.8 Å². The summed E-state index contributed by atoms with van der Waals surface area (Å²) >= 11 is 1.20. The van der Waals surface area contributed by atoms with Gasteiger partial charge in [0.2, 0.25) is 5.91 Å². The Kier molecular flexibility index (Phi) is 9.38. The molecule has 1 fully saturated rings. The van der Waals surface area contributed by atoms with Crippen molar-refractivity contribution in [1.82, 2.24) is 20.2 Å². The van der Waals surface area contributed by atoms with Crippen molar-refractivity contribution in [2.45, 2.75) is 32.5 Å². The van der Waals surface area contributed by atoms with Crippen LogP contribution in [0, 0.1) is 0 Å². The number of para-hydroxylation sites is 1. The number of rotatable bonds is 9. The molecular formula is C30H26F3N7O3S. The summed E-state index contributed by atoms with van der Waals surface area (Å²) in [5.74, 6) is 0.125. The normalized spacial score (nSPS) is 14.5. The molecule has 3 amide bonds. The summed E-state index contributed by atoms with van der Waals surface area (Å²) < 4.78 is 42.5. The fourth-order valence-electron chi connectivity index (χ4n) is 4.30. The Morgan fingerprint density at radius 2 is 1.84 bits per heavy atom. The predicted octanol–water partition coefficient (Wildman–Crippen LogP) is 6.36. The second-order valence-corrected chi connectivity index (χ2v) is 10.4. The Balaban J connectivity index is 1.20. The lowest BCUT2D eigenvalue weighted by Crippen LogP contribution is -2.31. The van der Waals surface area contributed by atoms with Crippen LogP contribution in [-0.4, -0.2) is 50.2 Å². The Morgan fingerprint density at radius 1 is 1.09 bits per heavy atom. The maximum absolute atomic E-state index is 12.7. The number of aromatic nitrogens is 3. The van der Waals surface area contributed by atoms with Crippen LogP contribution in [0.5, 0.6) is 5.75 Å². The lowest BCUT2D eigenvalue weighted by molar-refractivity contribution is -0.274. The van der Waals surface area contributed by atoms with Gasteiger partial charge >= 0.3 is 12.4 Å². The van der Waals surface area contributed by atoms with E-state index in [2.05, 4.69) is 37.3 Å². The maximum Gasteiger partial charge on any atom is 0.573 e. The van der Waals surface area contributed by atoms with Crippen molar-refractivity contribution in [1.29, 1.82) is 0 Å². The number of hydrazone groups is 1. The number of nitrogens with one attached hydrogen (secondary N) is 1. The fraction of sp³-hybridized carbons (Fsp3) is 0.200. The van der Waals surface area contributed by atoms with Gasteiger partial charge in [-0.25, -0.2) is 19.9 Å². The number of anilines is 1. The van der Waals surface area contributed by atoms with E-state index >= 15 is 0 Å². The summed E-state index contributed by atoms with van der Waals surface area (Å²) in [6, 6.07) is 19.2. The molecule has 4 aromatic rings. The second-order valence-electron chi connectivity index (χ2n) is 9.50. The van der Waals surface area contributed by atoms with Crippen LogP contribution in [0.4, 0.5) is 23.7 Å². The molecule has 44 heavy (non-hydrogen) atoms. The molecule has 2 heterocycles. The van der Waals surface area contributed by atoms with Crippen LogP contribution in [-0.2, 0) is 11.2 Å². The van der Waals surface area contributed by atoms with Gasteiger partial charge in [0.25, 0.3) is 0 Å². The van der Waals surface area contributed by atoms with E-state index in [9.17, 15) is 22.8 Å². The van der Waals surface area contributed by atoms with Gasteiger partial charge in [-0.3, -0.25) is 9.69 Å². The SMILES string of the molecule is CCCCc1ccccc1N1C(=O)CS/C1=N\C(=O)N/N=C/c1ccc(-c2ncn(-c3ccc(OC(F)(F)F)cc3)n2)cc1. The first kappa shape index (κ1) is 30.5. The van der Waals surface area contributed by atoms with Crippen LogP contribution in [0.15, 0.2) is 89.2 Å². The van der Waals surface area contributed by atoms with Gasteiger partial charge in [0.1, 0.15) is 12.1 Å². The fourth-order valence-corrected chi connectivity index (χ4v) is 5.16. The number of aryl methyl sites for hydroxylation is 1. The Hall–Kier alpha value is -4.98. The summed E-state index contributed by atoms with van der Waals surface area (Å²) in [6.45, 7) is 2.10. The van der Waals surface area contributed by atoms with Crippen molar-refractivity contribution in [2.75, 3.05) is 10.7 Å². The average molecular weight is 622 g/mol. The van der Waals surface area contributed by atoms with Gasteiger partial charge in [-0.1, -0.05) is 67.6 Å². The Bertz CT molecular complexity index is 1690. The van der Waals surface area contributed by atoms with Crippen molar-refractivity contribution in [3.8, 4) is 22.8 Å². The summed E-state index contributed by atoms with van der Waals surface area (Å²) in [5.41, 5.74) is 6.00. The van der Waals surface area contributed by atoms with E-state index < -0.39 is 12.4 Å². The number of unbranched alkanes of at least 4 members (excludes halogenated alkanes) is 1. The number of urea groups is 1. The number of carbonyl (C=O) groups excluding carboxylic acids is 2. The minimum absolute atomic E-state index is 0.137. The zero-order valence-corrected chi connectivity index (χ0v) is 24.2. The first-order chi connectivity index (χ1) is 21.2. The first-order valence-electron chi connectivity index (χ1n) is 13.5. The number of alkyl halides is 3. The smallest absolute Gasteiger partial charge is 0.406 e. The van der Waals surface area contributed by atoms with E-state index in [1.165, 1.54) is 58.2 Å². The number of thioether (sulfide) groups is 1. The van der Waals surface area contributed by atoms with Gasteiger partial charge in [-0.15, -0.1) is 18.3 Å². The number of aliphatic imine (C=N–C) groups is 1. The molecule has 0 spiro atoms. The molecule has 14 heteroatoms. The average Bonchev–Trinajstić information content (AvgIpc) is 3.63. The molecule has 0 aliphatic carbocycles. The van der Waals surface area contributed by atoms with Crippen LogP contribution < -0.4 is 15.1 Å². The number of carbonyl (C=O) groups is 2. The molecule has 1 aliphatic rings. The summed E-state index contributed by atoms with van der Waals surface area (Å²) in [6.07, 6.45) is 0.951. The van der Waals surface area contributed by atoms with Crippen molar-refractivity contribution in [2.24, 2.45) is 10.1 Å². The molecule has 1 N–H and O–H groups in total. The van der Waals surface area contributed by atoms with Gasteiger partial charge in [0.05, 0.1) is 23.3 Å². The topological polar surface area (TPSA) is 114 Å². The van der Waals surface area contributed by atoms with Crippen LogP contribution >= 0.6 is 11.8 Å². The number of amides is 3. The number of hydrogen-bond acceptors (Lipinski definition) is 7. The van der Waals surface area contributed by atoms with E-state index in [4.69, 9.17) is 0 Å². The van der Waals surface area contributed by atoms with E-state index in [-0.39, 0.29) is 17.4 Å². The van der Waals surface area contributed by atoms with Crippen molar-refractivity contribution in [3.63, 3.8) is 0 Å². The largest absolute Gasteiger partial charge is 0.573 e. The highest BCUT2D eigenvalue weighted by Gasteiger charge is 2.32. The molecule has 1 aromatic heterocycles. The van der Waals surface area contributed by atoms with Crippen LogP contribution in [0.3, 0.4) is 0 Å². The van der Waals surface area contributed by atoms with Gasteiger partial charge in [-0.05, 0) is 54.3 Å². The van der Waals surface area contributed by atoms with Crippen LogP contribution in [0.25, 0.3) is 17.1 Å². The molecule has 0 atom stereocenters. The highest BCUT2D eigenvalue weighted by molar-refractivity contribution is 8.15. The summed E-state index contributed by atoms with van der Waals surface area (Å²) in [5, 5.41) is 8.65. The monoisotopic (exact) mass is 621 g/mol. The van der Waals surface area contributed by atoms with E-state index in [0.717, 1.165) is 30.5 Å². The molecule has 1 saturated heterocycles. The first-order valence-corrected chi connectivity index (χ1v) is 14.5. The highest BCUT2D eigenvalue weighted by atomic mass is 32.2. The quantitative estimate of drug-likeness (QED) is 0.172. The molecule has 0 saturated carbocycles. The minimum Gasteiger partial charge on any atom is -0.406 e. The number of ether oxygens (including phenoxy) is 1. The van der Waals surface area contributed by atoms with Gasteiger partial charge < -0.3 is 4.74 Å². The Labute approximate surface area is 254 Å². The molecule has 3 aromatic carbocycles. The molecular weight excluding hydrogens is 595 g/mol. The third-order valence-corrected chi connectivity index (χ3v) is 7.29. The van der Waals surface area contributed by atoms with Gasteiger partial charge in [-0.2, -0.15) is 10.1 Å². The lowest BCUT2D eigenvalue weighted by Gasteiger charge is -2.19. The van der Waals surface area contributed by atoms with Crippen molar-refractivity contribution < 1.29 is 27.5 Å². The Morgan fingerprint density at radius 3 is 2.57 bits per heavy atom. The lowest BCUT2D eigenvalue weighted by atomic mass is 10.1. The molecule has 1 aliphatic heterocycles. The van der Waals surface area contributed by atoms with E-state index in [0.29, 0.717) is 27.8 Å². The number of benzene rings is 3. The zero-order chi connectivity index (χ0) is 31.1. The molecule has 226 valence electrons. The molecule has 0 radical (unpaired) electrons. The van der Waals surface area contributed by atoms with Crippen molar-refractivity contribution in [3.05, 3.63) is 90.3 Å². The molecule has 10 nitrogen and oxygen atoms in total. The number of nitrogens with zero attached hydrogens (tertiary/aromatic N) is 6. The number of amidine groups is 1. The predicted molar refractivity (Wildman–Crippen MR) is 162 cm³/mol. The van der Waals surface area contributed by atoms with E-state index in [1.54, 1.807) is 24.3 Å². The third kappa shape index (κ3) is 7.69. The summed E-state index contributed by atoms with van der Waals surface area (Å²) in [7, 11) is 0.